The fourth-order valence-electron chi connectivity index (χ4n) is 2.85. The van der Waals surface area contributed by atoms with Crippen LogP contribution in [0.1, 0.15) is 33.2 Å². The predicted octanol–water partition coefficient (Wildman–Crippen LogP) is 3.28. The number of hydrogen-bond donors (Lipinski definition) is 1. The number of imide groups is 1. The smallest absolute Gasteiger partial charge is 0.338 e. The van der Waals surface area contributed by atoms with E-state index in [0.717, 1.165) is 16.7 Å². The van der Waals surface area contributed by atoms with Gasteiger partial charge >= 0.3 is 11.9 Å². The van der Waals surface area contributed by atoms with E-state index in [-0.39, 0.29) is 24.3 Å². The summed E-state index contributed by atoms with van der Waals surface area (Å²) in [6, 6.07) is 13.0. The Kier molecular flexibility index (Phi) is 6.73. The van der Waals surface area contributed by atoms with Gasteiger partial charge in [0.1, 0.15) is 0 Å². The van der Waals surface area contributed by atoms with Crippen molar-refractivity contribution in [3.05, 3.63) is 65.2 Å². The van der Waals surface area contributed by atoms with Gasteiger partial charge in [-0.3, -0.25) is 14.5 Å². The molecule has 0 aromatic heterocycles. The van der Waals surface area contributed by atoms with Crippen molar-refractivity contribution in [3.63, 3.8) is 0 Å². The molecule has 1 saturated heterocycles. The number of benzene rings is 2. The summed E-state index contributed by atoms with van der Waals surface area (Å²) in [5.41, 5.74) is 1.98. The average Bonchev–Trinajstić information content (AvgIpc) is 3.01. The van der Waals surface area contributed by atoms with Crippen molar-refractivity contribution in [2.75, 3.05) is 19.0 Å². The Labute approximate surface area is 177 Å². The predicted molar refractivity (Wildman–Crippen MR) is 111 cm³/mol. The highest BCUT2D eigenvalue weighted by molar-refractivity contribution is 8.15. The fourth-order valence-corrected chi connectivity index (χ4v) is 3.75. The van der Waals surface area contributed by atoms with Crippen LogP contribution in [0, 0.1) is 0 Å². The largest absolute Gasteiger partial charge is 0.465 e. The van der Waals surface area contributed by atoms with Crippen LogP contribution >= 0.6 is 11.8 Å². The van der Waals surface area contributed by atoms with Crippen molar-refractivity contribution >= 4 is 40.5 Å². The number of esters is 2. The number of carbonyl (C=O) groups excluding carboxylic acids is 4. The van der Waals surface area contributed by atoms with E-state index in [9.17, 15) is 19.2 Å². The van der Waals surface area contributed by atoms with E-state index < -0.39 is 17.3 Å². The first-order valence-electron chi connectivity index (χ1n) is 9.16. The molecule has 0 spiro atoms. The van der Waals surface area contributed by atoms with Crippen LogP contribution < -0.4 is 5.32 Å². The van der Waals surface area contributed by atoms with Gasteiger partial charge < -0.3 is 14.8 Å². The monoisotopic (exact) mass is 428 g/mol. The Morgan fingerprint density at radius 3 is 2.47 bits per heavy atom. The minimum atomic E-state index is -0.783. The van der Waals surface area contributed by atoms with Crippen LogP contribution in [0.5, 0.6) is 0 Å². The number of carbonyl (C=O) groups is 4. The second-order valence-electron chi connectivity index (χ2n) is 6.32. The molecule has 2 amide bonds. The van der Waals surface area contributed by atoms with Crippen molar-refractivity contribution in [1.29, 1.82) is 0 Å². The van der Waals surface area contributed by atoms with Gasteiger partial charge in [0.25, 0.3) is 11.1 Å². The number of ether oxygens (including phenoxy) is 2. The summed E-state index contributed by atoms with van der Waals surface area (Å²) < 4.78 is 9.63. The number of methoxy groups -OCH3 is 1. The number of thioether (sulfide) groups is 1. The Balaban J connectivity index is 1.66. The minimum absolute atomic E-state index is 0.0511. The van der Waals surface area contributed by atoms with Crippen LogP contribution in [0.25, 0.3) is 0 Å². The van der Waals surface area contributed by atoms with E-state index in [1.54, 1.807) is 55.5 Å². The molecule has 3 rings (SSSR count). The lowest BCUT2D eigenvalue weighted by atomic mass is 10.1. The van der Waals surface area contributed by atoms with Gasteiger partial charge in [-0.1, -0.05) is 12.1 Å². The highest BCUT2D eigenvalue weighted by atomic mass is 32.2. The average molecular weight is 428 g/mol. The summed E-state index contributed by atoms with van der Waals surface area (Å²) in [5.74, 6) is -1.30. The van der Waals surface area contributed by atoms with Gasteiger partial charge in [0.2, 0.25) is 0 Å². The summed E-state index contributed by atoms with van der Waals surface area (Å²) in [7, 11) is 1.29. The molecule has 9 heteroatoms. The van der Waals surface area contributed by atoms with Gasteiger partial charge in [0.05, 0.1) is 31.4 Å². The standard InChI is InChI=1S/C21H20N2O6S/c1-3-29-20(26)14-7-9-16(10-8-14)22-17-18(24)23(21(27)30-17)12-13-5-4-6-15(11-13)19(25)28-2/h4-11,17,22H,3,12H2,1-2H3/t17-/m1/s1. The van der Waals surface area contributed by atoms with Crippen LogP contribution in [0.2, 0.25) is 0 Å². The zero-order chi connectivity index (χ0) is 21.7. The first kappa shape index (κ1) is 21.4. The Morgan fingerprint density at radius 2 is 1.80 bits per heavy atom. The topological polar surface area (TPSA) is 102 Å². The zero-order valence-electron chi connectivity index (χ0n) is 16.4. The maximum absolute atomic E-state index is 12.7. The molecular weight excluding hydrogens is 408 g/mol. The molecule has 30 heavy (non-hydrogen) atoms. The van der Waals surface area contributed by atoms with Gasteiger partial charge in [0.15, 0.2) is 5.37 Å². The first-order valence-corrected chi connectivity index (χ1v) is 10.0. The van der Waals surface area contributed by atoms with E-state index in [2.05, 4.69) is 5.32 Å². The lowest BCUT2D eigenvalue weighted by molar-refractivity contribution is -0.126. The van der Waals surface area contributed by atoms with Crippen molar-refractivity contribution in [3.8, 4) is 0 Å². The van der Waals surface area contributed by atoms with Crippen LogP contribution in [0.4, 0.5) is 10.5 Å². The number of nitrogens with one attached hydrogen (secondary N) is 1. The van der Waals surface area contributed by atoms with E-state index in [1.807, 2.05) is 0 Å². The van der Waals surface area contributed by atoms with Gasteiger partial charge in [-0.25, -0.2) is 9.59 Å². The summed E-state index contributed by atoms with van der Waals surface area (Å²) in [6.07, 6.45) is 0. The van der Waals surface area contributed by atoms with E-state index in [4.69, 9.17) is 9.47 Å². The van der Waals surface area contributed by atoms with Crippen LogP contribution in [-0.4, -0.2) is 47.1 Å². The summed E-state index contributed by atoms with van der Waals surface area (Å²) >= 11 is 0.873. The number of hydrogen-bond acceptors (Lipinski definition) is 8. The molecule has 1 N–H and O–H groups in total. The van der Waals surface area contributed by atoms with Crippen molar-refractivity contribution in [2.24, 2.45) is 0 Å². The molecule has 2 aromatic rings. The molecular formula is C21H20N2O6S. The number of anilines is 1. The van der Waals surface area contributed by atoms with Crippen molar-refractivity contribution in [2.45, 2.75) is 18.8 Å². The fraction of sp³-hybridized carbons (Fsp3) is 0.238. The molecule has 1 aliphatic heterocycles. The molecule has 1 aliphatic rings. The summed E-state index contributed by atoms with van der Waals surface area (Å²) in [5, 5.41) is 1.83. The van der Waals surface area contributed by atoms with Gasteiger partial charge in [-0.15, -0.1) is 0 Å². The molecule has 0 unspecified atom stereocenters. The Morgan fingerprint density at radius 1 is 1.07 bits per heavy atom. The number of rotatable bonds is 7. The van der Waals surface area contributed by atoms with Gasteiger partial charge in [-0.2, -0.15) is 0 Å². The molecule has 0 saturated carbocycles. The van der Waals surface area contributed by atoms with Crippen molar-refractivity contribution in [1.82, 2.24) is 4.90 Å². The Bertz CT molecular complexity index is 976. The molecule has 2 aromatic carbocycles. The maximum atomic E-state index is 12.7. The maximum Gasteiger partial charge on any atom is 0.338 e. The highest BCUT2D eigenvalue weighted by Gasteiger charge is 2.39. The highest BCUT2D eigenvalue weighted by Crippen LogP contribution is 2.29. The first-order chi connectivity index (χ1) is 14.4. The van der Waals surface area contributed by atoms with Crippen molar-refractivity contribution < 1.29 is 28.7 Å². The lowest BCUT2D eigenvalue weighted by Crippen LogP contribution is -2.34. The number of nitrogens with zero attached hydrogens (tertiary/aromatic N) is 1. The van der Waals surface area contributed by atoms with Crippen LogP contribution in [0.15, 0.2) is 48.5 Å². The molecule has 0 bridgehead atoms. The second kappa shape index (κ2) is 9.45. The second-order valence-corrected chi connectivity index (χ2v) is 7.38. The third-order valence-electron chi connectivity index (χ3n) is 4.31. The Hall–Kier alpha value is -3.33. The molecule has 156 valence electrons. The normalized spacial score (nSPS) is 15.8. The van der Waals surface area contributed by atoms with Crippen LogP contribution in [-0.2, 0) is 20.8 Å². The summed E-state index contributed by atoms with van der Waals surface area (Å²) in [6.45, 7) is 2.06. The quantitative estimate of drug-likeness (QED) is 0.671. The molecule has 0 radical (unpaired) electrons. The van der Waals surface area contributed by atoms with Gasteiger partial charge in [-0.05, 0) is 60.6 Å². The summed E-state index contributed by atoms with van der Waals surface area (Å²) in [4.78, 5) is 49.6. The SMILES string of the molecule is CCOC(=O)c1ccc(N[C@@H]2SC(=O)N(Cc3cccc(C(=O)OC)c3)C2=O)cc1. The molecule has 1 atom stereocenters. The molecule has 0 aliphatic carbocycles. The number of amides is 2. The minimum Gasteiger partial charge on any atom is -0.465 e. The molecule has 8 nitrogen and oxygen atoms in total. The zero-order valence-corrected chi connectivity index (χ0v) is 17.2. The van der Waals surface area contributed by atoms with E-state index in [1.165, 1.54) is 7.11 Å². The lowest BCUT2D eigenvalue weighted by Gasteiger charge is -2.15. The third kappa shape index (κ3) is 4.80. The molecule has 1 heterocycles. The van der Waals surface area contributed by atoms with Crippen LogP contribution in [0.3, 0.4) is 0 Å². The van der Waals surface area contributed by atoms with Gasteiger partial charge in [0, 0.05) is 5.69 Å². The third-order valence-corrected chi connectivity index (χ3v) is 5.29. The van der Waals surface area contributed by atoms with E-state index >= 15 is 0 Å². The molecule has 1 fully saturated rings. The van der Waals surface area contributed by atoms with E-state index in [0.29, 0.717) is 22.4 Å².